The lowest BCUT2D eigenvalue weighted by atomic mass is 10.1. The van der Waals surface area contributed by atoms with E-state index >= 15 is 0 Å². The van der Waals surface area contributed by atoms with E-state index in [1.165, 1.54) is 11.6 Å². The smallest absolute Gasteiger partial charge is 0.128 e. The van der Waals surface area contributed by atoms with Crippen molar-refractivity contribution in [3.8, 4) is 0 Å². The van der Waals surface area contributed by atoms with Crippen molar-refractivity contribution in [1.29, 1.82) is 0 Å². The maximum absolute atomic E-state index is 13.7. The molecule has 0 radical (unpaired) electrons. The zero-order chi connectivity index (χ0) is 14.9. The Balaban J connectivity index is 1.74. The standard InChI is InChI=1S/C17H21FN2O/c1-19-12-15-4-5-17(18)16(11-15)13-21-10-2-3-14-6-8-20-9-7-14/h4-9,11,19H,2-3,10,12-13H2,1H3. The average Bonchev–Trinajstić information content (AvgIpc) is 2.51. The fourth-order valence-electron chi connectivity index (χ4n) is 2.16. The largest absolute Gasteiger partial charge is 0.377 e. The second kappa shape index (κ2) is 8.49. The number of ether oxygens (including phenoxy) is 1. The van der Waals surface area contributed by atoms with Crippen LogP contribution in [0.4, 0.5) is 4.39 Å². The van der Waals surface area contributed by atoms with Crippen LogP contribution in [0, 0.1) is 5.82 Å². The molecule has 2 rings (SSSR count). The molecule has 3 nitrogen and oxygen atoms in total. The van der Waals surface area contributed by atoms with Gasteiger partial charge in [0.05, 0.1) is 6.61 Å². The van der Waals surface area contributed by atoms with E-state index in [1.807, 2.05) is 25.2 Å². The van der Waals surface area contributed by atoms with Gasteiger partial charge in [0.25, 0.3) is 0 Å². The van der Waals surface area contributed by atoms with Gasteiger partial charge in [-0.15, -0.1) is 0 Å². The first-order valence-electron chi connectivity index (χ1n) is 7.18. The van der Waals surface area contributed by atoms with Gasteiger partial charge in [0, 0.05) is 31.1 Å². The minimum atomic E-state index is -0.205. The summed E-state index contributed by atoms with van der Waals surface area (Å²) in [6.45, 7) is 1.67. The maximum atomic E-state index is 13.7. The lowest BCUT2D eigenvalue weighted by Crippen LogP contribution is -2.06. The molecule has 1 aromatic carbocycles. The number of hydrogen-bond acceptors (Lipinski definition) is 3. The van der Waals surface area contributed by atoms with Gasteiger partial charge < -0.3 is 10.1 Å². The highest BCUT2D eigenvalue weighted by atomic mass is 19.1. The molecule has 0 fully saturated rings. The van der Waals surface area contributed by atoms with E-state index in [9.17, 15) is 4.39 Å². The molecule has 0 bridgehead atoms. The number of aryl methyl sites for hydroxylation is 1. The molecule has 1 aromatic heterocycles. The number of nitrogens with one attached hydrogen (secondary N) is 1. The van der Waals surface area contributed by atoms with Crippen LogP contribution in [0.5, 0.6) is 0 Å². The van der Waals surface area contributed by atoms with Crippen molar-refractivity contribution in [2.24, 2.45) is 0 Å². The Kier molecular flexibility index (Phi) is 6.31. The molecule has 0 aliphatic rings. The third-order valence-corrected chi connectivity index (χ3v) is 3.25. The minimum absolute atomic E-state index is 0.205. The topological polar surface area (TPSA) is 34.1 Å². The fourth-order valence-corrected chi connectivity index (χ4v) is 2.16. The van der Waals surface area contributed by atoms with Gasteiger partial charge in [-0.05, 0) is 55.3 Å². The van der Waals surface area contributed by atoms with Crippen LogP contribution in [0.25, 0.3) is 0 Å². The summed E-state index contributed by atoms with van der Waals surface area (Å²) in [6.07, 6.45) is 5.45. The van der Waals surface area contributed by atoms with Crippen LogP contribution in [0.2, 0.25) is 0 Å². The molecule has 4 heteroatoms. The zero-order valence-electron chi connectivity index (χ0n) is 12.3. The minimum Gasteiger partial charge on any atom is -0.377 e. The van der Waals surface area contributed by atoms with Gasteiger partial charge in [0.15, 0.2) is 0 Å². The molecule has 0 aliphatic carbocycles. The van der Waals surface area contributed by atoms with Crippen LogP contribution < -0.4 is 5.32 Å². The lowest BCUT2D eigenvalue weighted by Gasteiger charge is -2.08. The average molecular weight is 288 g/mol. The van der Waals surface area contributed by atoms with E-state index in [-0.39, 0.29) is 5.82 Å². The molecule has 0 saturated carbocycles. The number of nitrogens with zero attached hydrogens (tertiary/aromatic N) is 1. The first-order valence-corrected chi connectivity index (χ1v) is 7.18. The number of hydrogen-bond donors (Lipinski definition) is 1. The van der Waals surface area contributed by atoms with Crippen LogP contribution >= 0.6 is 0 Å². The fraction of sp³-hybridized carbons (Fsp3) is 0.353. The first kappa shape index (κ1) is 15.6. The number of halogens is 1. The summed E-state index contributed by atoms with van der Waals surface area (Å²) >= 11 is 0. The van der Waals surface area contributed by atoms with Crippen LogP contribution in [0.15, 0.2) is 42.7 Å². The molecule has 1 N–H and O–H groups in total. The number of benzene rings is 1. The van der Waals surface area contributed by atoms with E-state index < -0.39 is 0 Å². The van der Waals surface area contributed by atoms with Crippen LogP contribution in [-0.4, -0.2) is 18.6 Å². The van der Waals surface area contributed by atoms with Crippen molar-refractivity contribution in [2.45, 2.75) is 26.0 Å². The van der Waals surface area contributed by atoms with Gasteiger partial charge in [0.1, 0.15) is 5.82 Å². The molecule has 2 aromatic rings. The summed E-state index contributed by atoms with van der Waals surface area (Å²) in [6, 6.07) is 9.15. The molecule has 0 unspecified atom stereocenters. The highest BCUT2D eigenvalue weighted by molar-refractivity contribution is 5.24. The van der Waals surface area contributed by atoms with Gasteiger partial charge in [0.2, 0.25) is 0 Å². The lowest BCUT2D eigenvalue weighted by molar-refractivity contribution is 0.116. The molecular weight excluding hydrogens is 267 g/mol. The Labute approximate surface area is 125 Å². The Bertz CT molecular complexity index is 546. The summed E-state index contributed by atoms with van der Waals surface area (Å²) < 4.78 is 19.3. The summed E-state index contributed by atoms with van der Waals surface area (Å²) in [5.74, 6) is -0.205. The number of pyridine rings is 1. The molecule has 0 spiro atoms. The zero-order valence-corrected chi connectivity index (χ0v) is 12.3. The molecule has 112 valence electrons. The summed E-state index contributed by atoms with van der Waals surface area (Å²) in [5.41, 5.74) is 2.93. The quantitative estimate of drug-likeness (QED) is 0.758. The molecular formula is C17H21FN2O. The first-order chi connectivity index (χ1) is 10.3. The van der Waals surface area contributed by atoms with Crippen LogP contribution in [0.1, 0.15) is 23.1 Å². The number of rotatable bonds is 8. The van der Waals surface area contributed by atoms with E-state index in [0.29, 0.717) is 18.8 Å². The Morgan fingerprint density at radius 1 is 1.14 bits per heavy atom. The third-order valence-electron chi connectivity index (χ3n) is 3.25. The second-order valence-corrected chi connectivity index (χ2v) is 4.97. The predicted molar refractivity (Wildman–Crippen MR) is 81.4 cm³/mol. The van der Waals surface area contributed by atoms with E-state index in [1.54, 1.807) is 18.5 Å². The van der Waals surface area contributed by atoms with Crippen molar-refractivity contribution in [3.63, 3.8) is 0 Å². The van der Waals surface area contributed by atoms with Gasteiger partial charge in [-0.1, -0.05) is 6.07 Å². The maximum Gasteiger partial charge on any atom is 0.128 e. The van der Waals surface area contributed by atoms with Crippen LogP contribution in [0.3, 0.4) is 0 Å². The molecule has 0 amide bonds. The molecule has 0 saturated heterocycles. The summed E-state index contributed by atoms with van der Waals surface area (Å²) in [4.78, 5) is 3.98. The van der Waals surface area contributed by atoms with Crippen molar-refractivity contribution in [2.75, 3.05) is 13.7 Å². The molecule has 21 heavy (non-hydrogen) atoms. The van der Waals surface area contributed by atoms with Crippen molar-refractivity contribution in [1.82, 2.24) is 10.3 Å². The van der Waals surface area contributed by atoms with Crippen molar-refractivity contribution < 1.29 is 9.13 Å². The monoisotopic (exact) mass is 288 g/mol. The van der Waals surface area contributed by atoms with Crippen molar-refractivity contribution >= 4 is 0 Å². The molecule has 0 aliphatic heterocycles. The Morgan fingerprint density at radius 2 is 1.95 bits per heavy atom. The molecule has 0 atom stereocenters. The predicted octanol–water partition coefficient (Wildman–Crippen LogP) is 3.09. The third kappa shape index (κ3) is 5.25. The SMILES string of the molecule is CNCc1ccc(F)c(COCCCc2ccncc2)c1. The highest BCUT2D eigenvalue weighted by Crippen LogP contribution is 2.12. The summed E-state index contributed by atoms with van der Waals surface area (Å²) in [7, 11) is 1.87. The van der Waals surface area contributed by atoms with Crippen molar-refractivity contribution in [3.05, 3.63) is 65.2 Å². The van der Waals surface area contributed by atoms with E-state index in [4.69, 9.17) is 4.74 Å². The molecule has 1 heterocycles. The van der Waals surface area contributed by atoms with E-state index in [0.717, 1.165) is 24.9 Å². The highest BCUT2D eigenvalue weighted by Gasteiger charge is 2.04. The Hall–Kier alpha value is -1.78. The van der Waals surface area contributed by atoms with Gasteiger partial charge in [-0.3, -0.25) is 4.98 Å². The Morgan fingerprint density at radius 3 is 2.71 bits per heavy atom. The van der Waals surface area contributed by atoms with E-state index in [2.05, 4.69) is 10.3 Å². The number of aromatic nitrogens is 1. The normalized spacial score (nSPS) is 10.8. The van der Waals surface area contributed by atoms with Gasteiger partial charge >= 0.3 is 0 Å². The summed E-state index contributed by atoms with van der Waals surface area (Å²) in [5, 5.41) is 3.06. The second-order valence-electron chi connectivity index (χ2n) is 4.97. The van der Waals surface area contributed by atoms with Gasteiger partial charge in [-0.2, -0.15) is 0 Å². The van der Waals surface area contributed by atoms with Crippen LogP contribution in [-0.2, 0) is 24.3 Å². The van der Waals surface area contributed by atoms with Gasteiger partial charge in [-0.25, -0.2) is 4.39 Å².